The number of carboxylic acids is 1. The Labute approximate surface area is 210 Å². The molecule has 0 spiro atoms. The third-order valence-corrected chi connectivity index (χ3v) is 6.32. The van der Waals surface area contributed by atoms with E-state index in [1.165, 1.54) is 4.90 Å². The van der Waals surface area contributed by atoms with E-state index >= 15 is 0 Å². The molecule has 2 amide bonds. The van der Waals surface area contributed by atoms with Crippen molar-refractivity contribution in [3.8, 4) is 0 Å². The molecule has 1 saturated heterocycles. The standard InChI is InChI=1S/C26H33N5O5/c27-26(28)29-15-7-13-19(25(35)36)30-23(33)20-14-8-16-31(20)24(34)22(32)21(17-9-3-1-4-10-17)18-11-5-2-6-12-18/h1-6,9-12,19-22,32H,7-8,13-16H2,(H,30,33)(H,35,36)(H4,27,28,29)/t19-,20-,22?/m0/s1. The van der Waals surface area contributed by atoms with Crippen LogP contribution in [0.2, 0.25) is 0 Å². The van der Waals surface area contributed by atoms with Crippen LogP contribution < -0.4 is 16.4 Å². The molecule has 7 N–H and O–H groups in total. The summed E-state index contributed by atoms with van der Waals surface area (Å²) in [5.74, 6) is -3.15. The molecule has 10 heteroatoms. The van der Waals surface area contributed by atoms with Crippen molar-refractivity contribution in [2.45, 2.75) is 49.8 Å². The van der Waals surface area contributed by atoms with Gasteiger partial charge in [-0.1, -0.05) is 60.7 Å². The minimum Gasteiger partial charge on any atom is -0.480 e. The molecule has 1 fully saturated rings. The summed E-state index contributed by atoms with van der Waals surface area (Å²) in [5.41, 5.74) is 6.77. The number of guanidine groups is 1. The van der Waals surface area contributed by atoms with Crippen molar-refractivity contribution in [2.24, 2.45) is 5.73 Å². The van der Waals surface area contributed by atoms with Gasteiger partial charge in [0.05, 0.1) is 0 Å². The zero-order chi connectivity index (χ0) is 26.1. The number of aliphatic carboxylic acids is 1. The third kappa shape index (κ3) is 6.82. The quantitative estimate of drug-likeness (QED) is 0.153. The fourth-order valence-corrected chi connectivity index (χ4v) is 4.55. The fraction of sp³-hybridized carbons (Fsp3) is 0.385. The summed E-state index contributed by atoms with van der Waals surface area (Å²) < 4.78 is 0. The first-order chi connectivity index (χ1) is 17.3. The number of nitrogens with zero attached hydrogens (tertiary/aromatic N) is 1. The van der Waals surface area contributed by atoms with Crippen LogP contribution in [-0.2, 0) is 14.4 Å². The molecule has 192 valence electrons. The van der Waals surface area contributed by atoms with Gasteiger partial charge in [-0.2, -0.15) is 0 Å². The molecule has 1 unspecified atom stereocenters. The lowest BCUT2D eigenvalue weighted by Crippen LogP contribution is -2.53. The summed E-state index contributed by atoms with van der Waals surface area (Å²) in [4.78, 5) is 39.5. The summed E-state index contributed by atoms with van der Waals surface area (Å²) in [5, 5.41) is 33.1. The summed E-state index contributed by atoms with van der Waals surface area (Å²) in [6, 6.07) is 16.5. The number of rotatable bonds is 11. The minimum atomic E-state index is -1.42. The largest absolute Gasteiger partial charge is 0.480 e. The number of aliphatic hydroxyl groups excluding tert-OH is 1. The Morgan fingerprint density at radius 1 is 1.06 bits per heavy atom. The van der Waals surface area contributed by atoms with Gasteiger partial charge in [-0.3, -0.25) is 15.0 Å². The maximum atomic E-state index is 13.5. The number of nitrogens with two attached hydrogens (primary N) is 1. The van der Waals surface area contributed by atoms with Crippen LogP contribution in [0, 0.1) is 5.41 Å². The van der Waals surface area contributed by atoms with E-state index in [0.29, 0.717) is 32.4 Å². The number of nitrogens with one attached hydrogen (secondary N) is 3. The average molecular weight is 496 g/mol. The molecule has 3 atom stereocenters. The molecule has 1 aliphatic heterocycles. The Kier molecular flexibility index (Phi) is 9.40. The lowest BCUT2D eigenvalue weighted by molar-refractivity contribution is -0.147. The zero-order valence-corrected chi connectivity index (χ0v) is 20.0. The van der Waals surface area contributed by atoms with Gasteiger partial charge in [0, 0.05) is 19.0 Å². The van der Waals surface area contributed by atoms with Crippen molar-refractivity contribution in [2.75, 3.05) is 13.1 Å². The van der Waals surface area contributed by atoms with Crippen LogP contribution in [0.15, 0.2) is 60.7 Å². The molecule has 1 heterocycles. The van der Waals surface area contributed by atoms with E-state index < -0.39 is 41.9 Å². The predicted octanol–water partition coefficient (Wildman–Crippen LogP) is 1.00. The molecule has 2 aromatic rings. The number of hydrogen-bond donors (Lipinski definition) is 6. The lowest BCUT2D eigenvalue weighted by Gasteiger charge is -2.31. The third-order valence-electron chi connectivity index (χ3n) is 6.32. The van der Waals surface area contributed by atoms with Gasteiger partial charge in [0.1, 0.15) is 18.2 Å². The topological polar surface area (TPSA) is 169 Å². The Hall–Kier alpha value is -3.92. The van der Waals surface area contributed by atoms with Crippen molar-refractivity contribution < 1.29 is 24.6 Å². The fourth-order valence-electron chi connectivity index (χ4n) is 4.55. The van der Waals surface area contributed by atoms with Gasteiger partial charge in [0.15, 0.2) is 5.96 Å². The van der Waals surface area contributed by atoms with Crippen LogP contribution in [0.3, 0.4) is 0 Å². The Morgan fingerprint density at radius 2 is 1.64 bits per heavy atom. The Morgan fingerprint density at radius 3 is 2.17 bits per heavy atom. The molecule has 0 aromatic heterocycles. The van der Waals surface area contributed by atoms with E-state index in [-0.39, 0.29) is 12.4 Å². The molecular formula is C26H33N5O5. The van der Waals surface area contributed by atoms with E-state index in [1.807, 2.05) is 60.7 Å². The molecule has 36 heavy (non-hydrogen) atoms. The summed E-state index contributed by atoms with van der Waals surface area (Å²) in [6.07, 6.45) is 0.0336. The smallest absolute Gasteiger partial charge is 0.326 e. The predicted molar refractivity (Wildman–Crippen MR) is 134 cm³/mol. The first kappa shape index (κ1) is 26.7. The molecule has 2 aromatic carbocycles. The normalized spacial score (nSPS) is 16.8. The molecular weight excluding hydrogens is 462 g/mol. The summed E-state index contributed by atoms with van der Waals surface area (Å²) in [6.45, 7) is 0.597. The van der Waals surface area contributed by atoms with E-state index in [0.717, 1.165) is 11.1 Å². The number of carboxylic acid groups (broad SMARTS) is 1. The van der Waals surface area contributed by atoms with E-state index in [9.17, 15) is 24.6 Å². The molecule has 0 bridgehead atoms. The molecule has 0 saturated carbocycles. The Balaban J connectivity index is 1.73. The second kappa shape index (κ2) is 12.7. The second-order valence-electron chi connectivity index (χ2n) is 8.82. The molecule has 0 aliphatic carbocycles. The minimum absolute atomic E-state index is 0.134. The highest BCUT2D eigenvalue weighted by Gasteiger charge is 2.40. The van der Waals surface area contributed by atoms with Crippen molar-refractivity contribution in [3.05, 3.63) is 71.8 Å². The first-order valence-electron chi connectivity index (χ1n) is 12.0. The summed E-state index contributed by atoms with van der Waals surface area (Å²) >= 11 is 0. The van der Waals surface area contributed by atoms with Gasteiger partial charge in [-0.25, -0.2) is 4.79 Å². The van der Waals surface area contributed by atoms with Crippen LogP contribution >= 0.6 is 0 Å². The molecule has 3 rings (SSSR count). The van der Waals surface area contributed by atoms with E-state index in [4.69, 9.17) is 11.1 Å². The number of amides is 2. The maximum absolute atomic E-state index is 13.5. The average Bonchev–Trinajstić information content (AvgIpc) is 3.36. The van der Waals surface area contributed by atoms with Gasteiger partial charge in [-0.05, 0) is 36.8 Å². The van der Waals surface area contributed by atoms with Crippen LogP contribution in [0.4, 0.5) is 0 Å². The Bertz CT molecular complexity index is 1010. The van der Waals surface area contributed by atoms with Crippen LogP contribution in [0.5, 0.6) is 0 Å². The van der Waals surface area contributed by atoms with Crippen molar-refractivity contribution >= 4 is 23.7 Å². The number of carbonyl (C=O) groups is 3. The van der Waals surface area contributed by atoms with Crippen molar-refractivity contribution in [1.29, 1.82) is 5.41 Å². The number of benzene rings is 2. The lowest BCUT2D eigenvalue weighted by atomic mass is 9.86. The highest BCUT2D eigenvalue weighted by Crippen LogP contribution is 2.31. The highest BCUT2D eigenvalue weighted by atomic mass is 16.4. The van der Waals surface area contributed by atoms with E-state index in [1.54, 1.807) is 0 Å². The molecule has 1 aliphatic rings. The SMILES string of the molecule is N=C(N)NCCC[C@H](NC(=O)[C@@H]1CCCN1C(=O)C(O)C(c1ccccc1)c1ccccc1)C(=O)O. The number of likely N-dealkylation sites (tertiary alicyclic amines) is 1. The summed E-state index contributed by atoms with van der Waals surface area (Å²) in [7, 11) is 0. The van der Waals surface area contributed by atoms with Crippen molar-refractivity contribution in [3.63, 3.8) is 0 Å². The monoisotopic (exact) mass is 495 g/mol. The van der Waals surface area contributed by atoms with Gasteiger partial charge in [0.25, 0.3) is 5.91 Å². The van der Waals surface area contributed by atoms with E-state index in [2.05, 4.69) is 10.6 Å². The van der Waals surface area contributed by atoms with Crippen molar-refractivity contribution in [1.82, 2.24) is 15.5 Å². The second-order valence-corrected chi connectivity index (χ2v) is 8.82. The van der Waals surface area contributed by atoms with Gasteiger partial charge >= 0.3 is 5.97 Å². The van der Waals surface area contributed by atoms with Gasteiger partial charge in [-0.15, -0.1) is 0 Å². The van der Waals surface area contributed by atoms with Crippen LogP contribution in [-0.4, -0.2) is 70.1 Å². The number of aliphatic hydroxyl groups is 1. The number of hydrogen-bond acceptors (Lipinski definition) is 5. The van der Waals surface area contributed by atoms with Crippen LogP contribution in [0.1, 0.15) is 42.7 Å². The molecule has 10 nitrogen and oxygen atoms in total. The zero-order valence-electron chi connectivity index (χ0n) is 20.0. The highest BCUT2D eigenvalue weighted by molar-refractivity contribution is 5.92. The van der Waals surface area contributed by atoms with Crippen LogP contribution in [0.25, 0.3) is 0 Å². The van der Waals surface area contributed by atoms with Gasteiger partial charge in [0.2, 0.25) is 5.91 Å². The molecule has 0 radical (unpaired) electrons. The van der Waals surface area contributed by atoms with Gasteiger partial charge < -0.3 is 31.5 Å². The maximum Gasteiger partial charge on any atom is 0.326 e. The first-order valence-corrected chi connectivity index (χ1v) is 12.0. The number of carbonyl (C=O) groups excluding carboxylic acids is 2.